The van der Waals surface area contributed by atoms with Gasteiger partial charge < -0.3 is 15.5 Å². The number of carbonyl (C=O) groups is 2. The first-order chi connectivity index (χ1) is 12.7. The summed E-state index contributed by atoms with van der Waals surface area (Å²) in [5.41, 5.74) is 1.82. The van der Waals surface area contributed by atoms with Gasteiger partial charge in [0.25, 0.3) is 0 Å². The zero-order valence-corrected chi connectivity index (χ0v) is 15.2. The maximum Gasteiger partial charge on any atom is 0.315 e. The predicted octanol–water partition coefficient (Wildman–Crippen LogP) is 3.19. The molecule has 0 unspecified atom stereocenters. The zero-order chi connectivity index (χ0) is 18.2. The topological polar surface area (TPSA) is 61.4 Å². The van der Waals surface area contributed by atoms with Crippen molar-refractivity contribution in [2.45, 2.75) is 57.4 Å². The molecule has 138 valence electrons. The van der Waals surface area contributed by atoms with E-state index >= 15 is 0 Å². The summed E-state index contributed by atoms with van der Waals surface area (Å²) in [7, 11) is 0. The lowest BCUT2D eigenvalue weighted by molar-refractivity contribution is -0.119. The molecule has 0 bridgehead atoms. The highest BCUT2D eigenvalue weighted by molar-refractivity contribution is 5.94. The van der Waals surface area contributed by atoms with E-state index in [9.17, 15) is 9.59 Å². The number of anilines is 1. The van der Waals surface area contributed by atoms with Crippen LogP contribution in [-0.4, -0.2) is 31.1 Å². The smallest absolute Gasteiger partial charge is 0.315 e. The molecule has 3 rings (SSSR count). The summed E-state index contributed by atoms with van der Waals surface area (Å²) in [6, 6.07) is 7.90. The summed E-state index contributed by atoms with van der Waals surface area (Å²) in [5, 5.41) is 5.80. The molecule has 1 aromatic carbocycles. The molecule has 0 spiro atoms. The quantitative estimate of drug-likeness (QED) is 0.820. The molecule has 0 radical (unpaired) electrons. The number of urea groups is 1. The average Bonchev–Trinajstić information content (AvgIpc) is 2.67. The summed E-state index contributed by atoms with van der Waals surface area (Å²) in [4.78, 5) is 25.6. The Balaban J connectivity index is 1.44. The summed E-state index contributed by atoms with van der Waals surface area (Å²) < 4.78 is 0. The summed E-state index contributed by atoms with van der Waals surface area (Å²) in [5.74, 6) is 6.22. The second-order valence-electron chi connectivity index (χ2n) is 7.01. The summed E-state index contributed by atoms with van der Waals surface area (Å²) in [6.45, 7) is 1.12. The van der Waals surface area contributed by atoms with Gasteiger partial charge in [0, 0.05) is 30.3 Å². The monoisotopic (exact) mass is 353 g/mol. The maximum absolute atomic E-state index is 11.9. The minimum atomic E-state index is -0.134. The van der Waals surface area contributed by atoms with Crippen LogP contribution in [-0.2, 0) is 4.79 Å². The van der Waals surface area contributed by atoms with Gasteiger partial charge in [0.05, 0.1) is 6.54 Å². The second kappa shape index (κ2) is 9.28. The van der Waals surface area contributed by atoms with Crippen LogP contribution in [0.2, 0.25) is 0 Å². The van der Waals surface area contributed by atoms with Gasteiger partial charge in [-0.1, -0.05) is 31.1 Å². The first-order valence-corrected chi connectivity index (χ1v) is 9.66. The Morgan fingerprint density at radius 1 is 1.08 bits per heavy atom. The first-order valence-electron chi connectivity index (χ1n) is 9.66. The van der Waals surface area contributed by atoms with Crippen LogP contribution in [0.25, 0.3) is 0 Å². The Labute approximate surface area is 155 Å². The Hall–Kier alpha value is -2.48. The van der Waals surface area contributed by atoms with Gasteiger partial charge in [-0.3, -0.25) is 4.79 Å². The zero-order valence-electron chi connectivity index (χ0n) is 15.2. The number of hydrogen-bond donors (Lipinski definition) is 2. The van der Waals surface area contributed by atoms with Crippen LogP contribution in [0.3, 0.4) is 0 Å². The Kier molecular flexibility index (Phi) is 6.54. The van der Waals surface area contributed by atoms with Gasteiger partial charge in [-0.25, -0.2) is 4.79 Å². The molecule has 2 N–H and O–H groups in total. The van der Waals surface area contributed by atoms with Crippen molar-refractivity contribution < 1.29 is 9.59 Å². The Bertz CT molecular complexity index is 681. The molecule has 3 amide bonds. The van der Waals surface area contributed by atoms with Crippen molar-refractivity contribution in [3.8, 4) is 11.8 Å². The molecule has 1 aliphatic heterocycles. The normalized spacial score (nSPS) is 18.0. The Morgan fingerprint density at radius 2 is 1.85 bits per heavy atom. The number of nitrogens with zero attached hydrogens (tertiary/aromatic N) is 1. The molecule has 1 heterocycles. The number of nitrogens with one attached hydrogen (secondary N) is 2. The largest absolute Gasteiger partial charge is 0.335 e. The van der Waals surface area contributed by atoms with Crippen molar-refractivity contribution in [2.75, 3.05) is 18.0 Å². The van der Waals surface area contributed by atoms with Crippen LogP contribution in [0, 0.1) is 11.8 Å². The standard InChI is InChI=1S/C21H27N3O2/c25-20-10-4-5-16-24(20)19-13-11-17(12-14-19)7-6-15-22-21(26)23-18-8-2-1-3-9-18/h11-14,18H,1-5,8-10,15-16H2,(H2,22,23,26). The van der Waals surface area contributed by atoms with Crippen molar-refractivity contribution in [1.29, 1.82) is 0 Å². The lowest BCUT2D eigenvalue weighted by Gasteiger charge is -2.26. The fraction of sp³-hybridized carbons (Fsp3) is 0.524. The number of rotatable bonds is 3. The molecule has 1 aromatic rings. The van der Waals surface area contributed by atoms with Crippen molar-refractivity contribution in [3.63, 3.8) is 0 Å². The van der Waals surface area contributed by atoms with Gasteiger partial charge in [0.2, 0.25) is 5.91 Å². The van der Waals surface area contributed by atoms with E-state index in [1.807, 2.05) is 29.2 Å². The number of piperidine rings is 1. The average molecular weight is 353 g/mol. The molecular formula is C21H27N3O2. The second-order valence-corrected chi connectivity index (χ2v) is 7.01. The molecule has 26 heavy (non-hydrogen) atoms. The highest BCUT2D eigenvalue weighted by atomic mass is 16.2. The van der Waals surface area contributed by atoms with Crippen molar-refractivity contribution >= 4 is 17.6 Å². The summed E-state index contributed by atoms with van der Waals surface area (Å²) in [6.07, 6.45) is 8.50. The number of amides is 3. The Morgan fingerprint density at radius 3 is 2.58 bits per heavy atom. The molecule has 1 saturated heterocycles. The molecule has 1 aliphatic carbocycles. The van der Waals surface area contributed by atoms with Gasteiger partial charge >= 0.3 is 6.03 Å². The lowest BCUT2D eigenvalue weighted by Crippen LogP contribution is -2.42. The van der Waals surface area contributed by atoms with Crippen LogP contribution >= 0.6 is 0 Å². The highest BCUT2D eigenvalue weighted by Crippen LogP contribution is 2.21. The van der Waals surface area contributed by atoms with Gasteiger partial charge in [0.1, 0.15) is 0 Å². The van der Waals surface area contributed by atoms with E-state index < -0.39 is 0 Å². The molecule has 0 aromatic heterocycles. The number of hydrogen-bond acceptors (Lipinski definition) is 2. The first kappa shape index (κ1) is 18.3. The van der Waals surface area contributed by atoms with Gasteiger partial charge in [-0.05, 0) is 49.9 Å². The van der Waals surface area contributed by atoms with E-state index in [-0.39, 0.29) is 11.9 Å². The third-order valence-corrected chi connectivity index (χ3v) is 5.01. The number of carbonyl (C=O) groups excluding carboxylic acids is 2. The fourth-order valence-electron chi connectivity index (χ4n) is 3.56. The molecule has 1 saturated carbocycles. The SMILES string of the molecule is O=C(NCC#Cc1ccc(N2CCCCC2=O)cc1)NC1CCCCC1. The van der Waals surface area contributed by atoms with E-state index in [0.29, 0.717) is 19.0 Å². The molecule has 0 atom stereocenters. The van der Waals surface area contributed by atoms with Gasteiger partial charge in [-0.15, -0.1) is 0 Å². The van der Waals surface area contributed by atoms with Gasteiger partial charge in [-0.2, -0.15) is 0 Å². The number of benzene rings is 1. The minimum absolute atomic E-state index is 0.134. The van der Waals surface area contributed by atoms with E-state index in [1.165, 1.54) is 19.3 Å². The minimum Gasteiger partial charge on any atom is -0.335 e. The van der Waals surface area contributed by atoms with Crippen LogP contribution in [0.1, 0.15) is 56.9 Å². The molecular weight excluding hydrogens is 326 g/mol. The van der Waals surface area contributed by atoms with E-state index in [2.05, 4.69) is 22.5 Å². The molecule has 5 heteroatoms. The van der Waals surface area contributed by atoms with Crippen LogP contribution in [0.15, 0.2) is 24.3 Å². The fourth-order valence-corrected chi connectivity index (χ4v) is 3.56. The third kappa shape index (κ3) is 5.26. The molecule has 2 aliphatic rings. The van der Waals surface area contributed by atoms with Crippen LogP contribution < -0.4 is 15.5 Å². The molecule has 2 fully saturated rings. The lowest BCUT2D eigenvalue weighted by atomic mass is 9.96. The van der Waals surface area contributed by atoms with Crippen molar-refractivity contribution in [3.05, 3.63) is 29.8 Å². The van der Waals surface area contributed by atoms with Crippen LogP contribution in [0.5, 0.6) is 0 Å². The molecule has 5 nitrogen and oxygen atoms in total. The third-order valence-electron chi connectivity index (χ3n) is 5.01. The van der Waals surface area contributed by atoms with Gasteiger partial charge in [0.15, 0.2) is 0 Å². The predicted molar refractivity (Wildman–Crippen MR) is 103 cm³/mol. The van der Waals surface area contributed by atoms with E-state index in [0.717, 1.165) is 43.5 Å². The van der Waals surface area contributed by atoms with Crippen molar-refractivity contribution in [2.24, 2.45) is 0 Å². The summed E-state index contributed by atoms with van der Waals surface area (Å²) >= 11 is 0. The van der Waals surface area contributed by atoms with E-state index in [4.69, 9.17) is 0 Å². The van der Waals surface area contributed by atoms with Crippen LogP contribution in [0.4, 0.5) is 10.5 Å². The van der Waals surface area contributed by atoms with Crippen molar-refractivity contribution in [1.82, 2.24) is 10.6 Å². The highest BCUT2D eigenvalue weighted by Gasteiger charge is 2.19. The maximum atomic E-state index is 11.9. The van der Waals surface area contributed by atoms with E-state index in [1.54, 1.807) is 0 Å².